The molecule has 0 amide bonds. The summed E-state index contributed by atoms with van der Waals surface area (Å²) >= 11 is 0. The lowest BCUT2D eigenvalue weighted by Gasteiger charge is -2.08. The van der Waals surface area contributed by atoms with Crippen molar-refractivity contribution >= 4 is 10.9 Å². The molecular weight excluding hydrogens is 219 g/mol. The molecule has 1 aliphatic rings. The molecule has 1 aliphatic carbocycles. The molecule has 2 aromatic rings. The van der Waals surface area contributed by atoms with E-state index in [1.807, 2.05) is 0 Å². The number of benzene rings is 1. The van der Waals surface area contributed by atoms with Gasteiger partial charge in [0.1, 0.15) is 11.6 Å². The SMILES string of the molecule is O=c1[nH]c(C2CCCC2)nc2ccc(F)cc12. The van der Waals surface area contributed by atoms with Crippen molar-refractivity contribution in [3.05, 3.63) is 40.2 Å². The zero-order chi connectivity index (χ0) is 11.8. The van der Waals surface area contributed by atoms with Gasteiger partial charge in [0, 0.05) is 5.92 Å². The summed E-state index contributed by atoms with van der Waals surface area (Å²) in [4.78, 5) is 19.1. The Bertz CT molecular complexity index is 614. The lowest BCUT2D eigenvalue weighted by atomic mass is 10.1. The number of rotatable bonds is 1. The minimum Gasteiger partial charge on any atom is -0.310 e. The highest BCUT2D eigenvalue weighted by molar-refractivity contribution is 5.77. The van der Waals surface area contributed by atoms with Crippen LogP contribution in [0, 0.1) is 5.82 Å². The van der Waals surface area contributed by atoms with Crippen LogP contribution in [0.3, 0.4) is 0 Å². The lowest BCUT2D eigenvalue weighted by molar-refractivity contribution is 0.628. The van der Waals surface area contributed by atoms with Crippen LogP contribution in [0.15, 0.2) is 23.0 Å². The van der Waals surface area contributed by atoms with Crippen LogP contribution in [-0.2, 0) is 0 Å². The lowest BCUT2D eigenvalue weighted by Crippen LogP contribution is -2.14. The third kappa shape index (κ3) is 1.84. The molecule has 0 bridgehead atoms. The molecule has 3 rings (SSSR count). The number of hydrogen-bond donors (Lipinski definition) is 1. The Labute approximate surface area is 97.7 Å². The molecule has 1 aromatic carbocycles. The van der Waals surface area contributed by atoms with E-state index in [-0.39, 0.29) is 5.56 Å². The molecule has 1 saturated carbocycles. The molecule has 0 radical (unpaired) electrons. The molecule has 0 spiro atoms. The predicted octanol–water partition coefficient (Wildman–Crippen LogP) is 2.72. The van der Waals surface area contributed by atoms with E-state index in [4.69, 9.17) is 0 Å². The Balaban J connectivity index is 2.17. The number of fused-ring (bicyclic) bond motifs is 1. The molecule has 1 N–H and O–H groups in total. The highest BCUT2D eigenvalue weighted by atomic mass is 19.1. The van der Waals surface area contributed by atoms with Crippen molar-refractivity contribution in [2.75, 3.05) is 0 Å². The van der Waals surface area contributed by atoms with Crippen molar-refractivity contribution in [1.29, 1.82) is 0 Å². The van der Waals surface area contributed by atoms with Gasteiger partial charge in [0.15, 0.2) is 0 Å². The maximum Gasteiger partial charge on any atom is 0.258 e. The molecular formula is C13H13FN2O. The number of hydrogen-bond acceptors (Lipinski definition) is 2. The first-order chi connectivity index (χ1) is 8.24. The summed E-state index contributed by atoms with van der Waals surface area (Å²) in [6.07, 6.45) is 4.54. The van der Waals surface area contributed by atoms with Crippen molar-refractivity contribution in [2.45, 2.75) is 31.6 Å². The normalized spacial score (nSPS) is 16.8. The maximum absolute atomic E-state index is 13.0. The van der Waals surface area contributed by atoms with E-state index in [2.05, 4.69) is 9.97 Å². The smallest absolute Gasteiger partial charge is 0.258 e. The zero-order valence-corrected chi connectivity index (χ0v) is 9.37. The minimum atomic E-state index is -0.404. The molecule has 1 aromatic heterocycles. The van der Waals surface area contributed by atoms with Gasteiger partial charge >= 0.3 is 0 Å². The molecule has 0 aliphatic heterocycles. The highest BCUT2D eigenvalue weighted by Gasteiger charge is 2.20. The Morgan fingerprint density at radius 3 is 2.82 bits per heavy atom. The van der Waals surface area contributed by atoms with Crippen LogP contribution < -0.4 is 5.56 Å². The Kier molecular flexibility index (Phi) is 2.42. The van der Waals surface area contributed by atoms with Crippen molar-refractivity contribution < 1.29 is 4.39 Å². The van der Waals surface area contributed by atoms with Gasteiger partial charge in [-0.3, -0.25) is 4.79 Å². The average molecular weight is 232 g/mol. The van der Waals surface area contributed by atoms with Gasteiger partial charge in [-0.05, 0) is 31.0 Å². The number of H-pyrrole nitrogens is 1. The van der Waals surface area contributed by atoms with Crippen molar-refractivity contribution in [2.24, 2.45) is 0 Å². The number of halogens is 1. The van der Waals surface area contributed by atoms with Gasteiger partial charge in [-0.1, -0.05) is 12.8 Å². The van der Waals surface area contributed by atoms with E-state index in [1.54, 1.807) is 6.07 Å². The molecule has 3 nitrogen and oxygen atoms in total. The third-order valence-corrected chi connectivity index (χ3v) is 3.43. The topological polar surface area (TPSA) is 45.8 Å². The van der Waals surface area contributed by atoms with Gasteiger partial charge in [-0.15, -0.1) is 0 Å². The zero-order valence-electron chi connectivity index (χ0n) is 9.37. The summed E-state index contributed by atoms with van der Waals surface area (Å²) in [6.45, 7) is 0. The minimum absolute atomic E-state index is 0.239. The summed E-state index contributed by atoms with van der Waals surface area (Å²) in [5.74, 6) is 0.710. The standard InChI is InChI=1S/C13H13FN2O/c14-9-5-6-11-10(7-9)13(17)16-12(15-11)8-3-1-2-4-8/h5-8H,1-4H2,(H,15,16,17). The van der Waals surface area contributed by atoms with Gasteiger partial charge < -0.3 is 4.98 Å². The Hall–Kier alpha value is -1.71. The first-order valence-corrected chi connectivity index (χ1v) is 5.93. The first kappa shape index (κ1) is 10.4. The van der Waals surface area contributed by atoms with Crippen LogP contribution in [0.25, 0.3) is 10.9 Å². The fourth-order valence-corrected chi connectivity index (χ4v) is 2.52. The van der Waals surface area contributed by atoms with E-state index in [0.29, 0.717) is 16.8 Å². The quantitative estimate of drug-likeness (QED) is 0.821. The van der Waals surface area contributed by atoms with E-state index < -0.39 is 5.82 Å². The van der Waals surface area contributed by atoms with Crippen molar-refractivity contribution in [1.82, 2.24) is 9.97 Å². The molecule has 88 valence electrons. The average Bonchev–Trinajstić information content (AvgIpc) is 2.83. The fourth-order valence-electron chi connectivity index (χ4n) is 2.52. The second-order valence-electron chi connectivity index (χ2n) is 4.59. The van der Waals surface area contributed by atoms with Crippen LogP contribution in [-0.4, -0.2) is 9.97 Å². The van der Waals surface area contributed by atoms with E-state index >= 15 is 0 Å². The highest BCUT2D eigenvalue weighted by Crippen LogP contribution is 2.31. The Morgan fingerprint density at radius 1 is 1.29 bits per heavy atom. The maximum atomic E-state index is 13.0. The summed E-state index contributed by atoms with van der Waals surface area (Å²) in [5.41, 5.74) is 0.341. The summed E-state index contributed by atoms with van der Waals surface area (Å²) in [7, 11) is 0. The molecule has 0 atom stereocenters. The van der Waals surface area contributed by atoms with Gasteiger partial charge in [0.25, 0.3) is 5.56 Å². The summed E-state index contributed by atoms with van der Waals surface area (Å²) in [6, 6.07) is 4.14. The molecule has 4 heteroatoms. The van der Waals surface area contributed by atoms with E-state index in [0.717, 1.165) is 18.7 Å². The van der Waals surface area contributed by atoms with Gasteiger partial charge in [-0.2, -0.15) is 0 Å². The Morgan fingerprint density at radius 2 is 2.06 bits per heavy atom. The van der Waals surface area contributed by atoms with Crippen LogP contribution in [0.1, 0.15) is 37.4 Å². The molecule has 1 fully saturated rings. The van der Waals surface area contributed by atoms with E-state index in [9.17, 15) is 9.18 Å². The number of nitrogens with zero attached hydrogens (tertiary/aromatic N) is 1. The molecule has 0 saturated heterocycles. The van der Waals surface area contributed by atoms with Crippen LogP contribution in [0.4, 0.5) is 4.39 Å². The predicted molar refractivity (Wildman–Crippen MR) is 63.5 cm³/mol. The van der Waals surface area contributed by atoms with Crippen molar-refractivity contribution in [3.63, 3.8) is 0 Å². The van der Waals surface area contributed by atoms with Crippen LogP contribution in [0.2, 0.25) is 0 Å². The molecule has 0 unspecified atom stereocenters. The van der Waals surface area contributed by atoms with Gasteiger partial charge in [0.05, 0.1) is 10.9 Å². The summed E-state index contributed by atoms with van der Waals surface area (Å²) in [5, 5.41) is 0.326. The number of aromatic nitrogens is 2. The second kappa shape index (κ2) is 3.95. The number of aromatic amines is 1. The third-order valence-electron chi connectivity index (χ3n) is 3.43. The van der Waals surface area contributed by atoms with Crippen LogP contribution >= 0.6 is 0 Å². The van der Waals surface area contributed by atoms with Crippen LogP contribution in [0.5, 0.6) is 0 Å². The summed E-state index contributed by atoms with van der Waals surface area (Å²) < 4.78 is 13.0. The molecule has 1 heterocycles. The largest absolute Gasteiger partial charge is 0.310 e. The second-order valence-corrected chi connectivity index (χ2v) is 4.59. The van der Waals surface area contributed by atoms with Crippen molar-refractivity contribution in [3.8, 4) is 0 Å². The fraction of sp³-hybridized carbons (Fsp3) is 0.385. The van der Waals surface area contributed by atoms with E-state index in [1.165, 1.54) is 25.0 Å². The van der Waals surface area contributed by atoms with Gasteiger partial charge in [0.2, 0.25) is 0 Å². The monoisotopic (exact) mass is 232 g/mol. The van der Waals surface area contributed by atoms with Gasteiger partial charge in [-0.25, -0.2) is 9.37 Å². The number of nitrogens with one attached hydrogen (secondary N) is 1. The molecule has 17 heavy (non-hydrogen) atoms. The first-order valence-electron chi connectivity index (χ1n) is 5.93.